The first-order valence-corrected chi connectivity index (χ1v) is 12.5. The zero-order valence-electron chi connectivity index (χ0n) is 20.3. The molecule has 2 aliphatic carbocycles. The molecule has 0 unspecified atom stereocenters. The average molecular weight is 459 g/mol. The van der Waals surface area contributed by atoms with Gasteiger partial charge in [-0.2, -0.15) is 0 Å². The summed E-state index contributed by atoms with van der Waals surface area (Å²) >= 11 is 0. The SMILES string of the molecule is Cc1ccc(C(=O)N[C@H](C)c2nc3ccccc3n2CC(=O)N[C@@H](C)[C@H]2C[C@H]3CC[C@H]2C3)cc1. The van der Waals surface area contributed by atoms with Gasteiger partial charge in [0.25, 0.3) is 5.91 Å². The Bertz CT molecular complexity index is 1200. The number of rotatable bonds is 7. The van der Waals surface area contributed by atoms with Gasteiger partial charge < -0.3 is 15.2 Å². The Morgan fingerprint density at radius 3 is 2.50 bits per heavy atom. The maximum Gasteiger partial charge on any atom is 0.251 e. The third kappa shape index (κ3) is 4.46. The summed E-state index contributed by atoms with van der Waals surface area (Å²) in [6.45, 7) is 6.25. The normalized spacial score (nSPS) is 23.1. The number of aromatic nitrogens is 2. The third-order valence-electron chi connectivity index (χ3n) is 7.86. The summed E-state index contributed by atoms with van der Waals surface area (Å²) in [5.74, 6) is 2.74. The van der Waals surface area contributed by atoms with Crippen LogP contribution in [0.3, 0.4) is 0 Å². The Kier molecular flexibility index (Phi) is 6.15. The molecule has 6 heteroatoms. The number of nitrogens with one attached hydrogen (secondary N) is 2. The molecule has 0 spiro atoms. The Morgan fingerprint density at radius 2 is 1.79 bits per heavy atom. The van der Waals surface area contributed by atoms with Crippen molar-refractivity contribution in [3.8, 4) is 0 Å². The van der Waals surface area contributed by atoms with E-state index < -0.39 is 0 Å². The van der Waals surface area contributed by atoms with Crippen LogP contribution in [0.1, 0.15) is 67.3 Å². The summed E-state index contributed by atoms with van der Waals surface area (Å²) in [7, 11) is 0. The Morgan fingerprint density at radius 1 is 1.03 bits per heavy atom. The molecular formula is C28H34N4O2. The van der Waals surface area contributed by atoms with Crippen LogP contribution < -0.4 is 10.6 Å². The largest absolute Gasteiger partial charge is 0.352 e. The number of imidazole rings is 1. The van der Waals surface area contributed by atoms with Crippen LogP contribution in [0.5, 0.6) is 0 Å². The standard InChI is InChI=1S/C28H34N4O2/c1-17-8-11-21(12-9-17)28(34)30-19(3)27-31-24-6-4-5-7-25(24)32(27)16-26(33)29-18(2)23-15-20-10-13-22(23)14-20/h4-9,11-12,18-20,22-23H,10,13-16H2,1-3H3,(H,29,33)(H,30,34)/t18-,19+,20-,22-,23+/m0/s1. The summed E-state index contributed by atoms with van der Waals surface area (Å²) in [6.07, 6.45) is 5.25. The van der Waals surface area contributed by atoms with Crippen molar-refractivity contribution in [1.29, 1.82) is 0 Å². The van der Waals surface area contributed by atoms with Crippen LogP contribution in [-0.4, -0.2) is 27.4 Å². The van der Waals surface area contributed by atoms with Gasteiger partial charge in [0, 0.05) is 11.6 Å². The second kappa shape index (κ2) is 9.24. The summed E-state index contributed by atoms with van der Waals surface area (Å²) in [4.78, 5) is 30.7. The fraction of sp³-hybridized carbons (Fsp3) is 0.464. The molecule has 2 fully saturated rings. The minimum Gasteiger partial charge on any atom is -0.352 e. The molecule has 2 bridgehead atoms. The molecule has 2 saturated carbocycles. The molecule has 5 rings (SSSR count). The number of nitrogens with zero attached hydrogens (tertiary/aromatic N) is 2. The lowest BCUT2D eigenvalue weighted by Crippen LogP contribution is -2.42. The fourth-order valence-electron chi connectivity index (χ4n) is 6.10. The van der Waals surface area contributed by atoms with Gasteiger partial charge in [0.15, 0.2) is 0 Å². The van der Waals surface area contributed by atoms with E-state index in [-0.39, 0.29) is 30.4 Å². The minimum atomic E-state index is -0.350. The van der Waals surface area contributed by atoms with Crippen molar-refractivity contribution in [3.63, 3.8) is 0 Å². The van der Waals surface area contributed by atoms with Gasteiger partial charge >= 0.3 is 0 Å². The Labute approximate surface area is 201 Å². The number of carbonyl (C=O) groups excluding carboxylic acids is 2. The van der Waals surface area contributed by atoms with E-state index in [1.165, 1.54) is 25.7 Å². The fourth-order valence-corrected chi connectivity index (χ4v) is 6.10. The number of para-hydroxylation sites is 2. The van der Waals surface area contributed by atoms with Gasteiger partial charge in [-0.3, -0.25) is 9.59 Å². The van der Waals surface area contributed by atoms with E-state index in [0.29, 0.717) is 17.3 Å². The number of hydrogen-bond acceptors (Lipinski definition) is 3. The van der Waals surface area contributed by atoms with E-state index in [4.69, 9.17) is 4.98 Å². The van der Waals surface area contributed by atoms with Crippen LogP contribution in [0.15, 0.2) is 48.5 Å². The van der Waals surface area contributed by atoms with Gasteiger partial charge in [-0.15, -0.1) is 0 Å². The van der Waals surface area contributed by atoms with Crippen molar-refractivity contribution in [2.24, 2.45) is 17.8 Å². The minimum absolute atomic E-state index is 0.00302. The predicted molar refractivity (Wildman–Crippen MR) is 133 cm³/mol. The molecular weight excluding hydrogens is 424 g/mol. The highest BCUT2D eigenvalue weighted by atomic mass is 16.2. The van der Waals surface area contributed by atoms with Crippen LogP contribution in [0, 0.1) is 24.7 Å². The summed E-state index contributed by atoms with van der Waals surface area (Å²) < 4.78 is 1.94. The van der Waals surface area contributed by atoms with Gasteiger partial charge in [0.1, 0.15) is 12.4 Å². The maximum absolute atomic E-state index is 13.1. The van der Waals surface area contributed by atoms with Gasteiger partial charge in [0.05, 0.1) is 17.1 Å². The zero-order chi connectivity index (χ0) is 23.8. The quantitative estimate of drug-likeness (QED) is 0.535. The number of aryl methyl sites for hydroxylation is 1. The molecule has 3 aromatic rings. The van der Waals surface area contributed by atoms with Crippen molar-refractivity contribution >= 4 is 22.8 Å². The monoisotopic (exact) mass is 458 g/mol. The number of carbonyl (C=O) groups is 2. The molecule has 0 aliphatic heterocycles. The summed E-state index contributed by atoms with van der Waals surface area (Å²) in [6, 6.07) is 15.2. The lowest BCUT2D eigenvalue weighted by molar-refractivity contribution is -0.122. The van der Waals surface area contributed by atoms with E-state index in [1.54, 1.807) is 0 Å². The first-order valence-electron chi connectivity index (χ1n) is 12.5. The lowest BCUT2D eigenvalue weighted by atomic mass is 9.84. The van der Waals surface area contributed by atoms with Crippen LogP contribution in [-0.2, 0) is 11.3 Å². The van der Waals surface area contributed by atoms with Crippen LogP contribution in [0.2, 0.25) is 0 Å². The van der Waals surface area contributed by atoms with Crippen molar-refractivity contribution in [1.82, 2.24) is 20.2 Å². The molecule has 6 nitrogen and oxygen atoms in total. The van der Waals surface area contributed by atoms with E-state index >= 15 is 0 Å². The summed E-state index contributed by atoms with van der Waals surface area (Å²) in [5.41, 5.74) is 3.44. The van der Waals surface area contributed by atoms with Crippen LogP contribution in [0.25, 0.3) is 11.0 Å². The molecule has 2 N–H and O–H groups in total. The third-order valence-corrected chi connectivity index (χ3v) is 7.86. The highest BCUT2D eigenvalue weighted by Gasteiger charge is 2.42. The first-order chi connectivity index (χ1) is 16.4. The number of benzene rings is 2. The van der Waals surface area contributed by atoms with Crippen LogP contribution >= 0.6 is 0 Å². The average Bonchev–Trinajstić information content (AvgIpc) is 3.54. The molecule has 1 aromatic heterocycles. The van der Waals surface area contributed by atoms with E-state index in [2.05, 4.69) is 17.6 Å². The molecule has 0 radical (unpaired) electrons. The highest BCUT2D eigenvalue weighted by molar-refractivity contribution is 5.94. The maximum atomic E-state index is 13.1. The lowest BCUT2D eigenvalue weighted by Gasteiger charge is -2.28. The summed E-state index contributed by atoms with van der Waals surface area (Å²) in [5, 5.41) is 6.33. The molecule has 2 aliphatic rings. The van der Waals surface area contributed by atoms with Crippen molar-refractivity contribution in [3.05, 3.63) is 65.5 Å². The van der Waals surface area contributed by atoms with Gasteiger partial charge in [-0.05, 0) is 82.1 Å². The van der Waals surface area contributed by atoms with Crippen molar-refractivity contribution in [2.45, 2.75) is 65.1 Å². The highest BCUT2D eigenvalue weighted by Crippen LogP contribution is 2.49. The second-order valence-corrected chi connectivity index (χ2v) is 10.3. The molecule has 178 valence electrons. The molecule has 2 amide bonds. The zero-order valence-corrected chi connectivity index (χ0v) is 20.3. The predicted octanol–water partition coefficient (Wildman–Crippen LogP) is 4.78. The van der Waals surface area contributed by atoms with Crippen molar-refractivity contribution < 1.29 is 9.59 Å². The molecule has 0 saturated heterocycles. The Hall–Kier alpha value is -3.15. The first kappa shape index (κ1) is 22.6. The van der Waals surface area contributed by atoms with Gasteiger partial charge in [-0.1, -0.05) is 36.2 Å². The molecule has 1 heterocycles. The number of hydrogen-bond donors (Lipinski definition) is 2. The van der Waals surface area contributed by atoms with Crippen molar-refractivity contribution in [2.75, 3.05) is 0 Å². The Balaban J connectivity index is 1.32. The van der Waals surface area contributed by atoms with E-state index in [1.807, 2.05) is 66.9 Å². The van der Waals surface area contributed by atoms with Gasteiger partial charge in [0.2, 0.25) is 5.91 Å². The number of fused-ring (bicyclic) bond motifs is 3. The second-order valence-electron chi connectivity index (χ2n) is 10.3. The van der Waals surface area contributed by atoms with Gasteiger partial charge in [-0.25, -0.2) is 4.98 Å². The van der Waals surface area contributed by atoms with E-state index in [0.717, 1.165) is 28.4 Å². The number of amides is 2. The molecule has 5 atom stereocenters. The van der Waals surface area contributed by atoms with Crippen LogP contribution in [0.4, 0.5) is 0 Å². The molecule has 2 aromatic carbocycles. The smallest absolute Gasteiger partial charge is 0.251 e. The topological polar surface area (TPSA) is 76.0 Å². The molecule has 34 heavy (non-hydrogen) atoms. The van der Waals surface area contributed by atoms with E-state index in [9.17, 15) is 9.59 Å².